The summed E-state index contributed by atoms with van der Waals surface area (Å²) in [7, 11) is 3.13. The van der Waals surface area contributed by atoms with Gasteiger partial charge < -0.3 is 9.57 Å². The summed E-state index contributed by atoms with van der Waals surface area (Å²) in [5.74, 6) is 1.94. The van der Waals surface area contributed by atoms with E-state index in [4.69, 9.17) is 9.57 Å². The maximum Gasteiger partial charge on any atom is 0.314 e. The van der Waals surface area contributed by atoms with Crippen LogP contribution in [0.5, 0.6) is 5.75 Å². The third-order valence-corrected chi connectivity index (χ3v) is 7.19. The highest BCUT2D eigenvalue weighted by Crippen LogP contribution is 2.60. The minimum atomic E-state index is -0.274. The summed E-state index contributed by atoms with van der Waals surface area (Å²) in [5.41, 5.74) is 3.56. The molecule has 6 nitrogen and oxygen atoms in total. The van der Waals surface area contributed by atoms with E-state index in [1.165, 1.54) is 18.4 Å². The summed E-state index contributed by atoms with van der Waals surface area (Å²) in [6.07, 6.45) is 6.04. The van der Waals surface area contributed by atoms with Crippen molar-refractivity contribution in [1.29, 1.82) is 0 Å². The monoisotopic (exact) mass is 358 g/mol. The fraction of sp³-hybridized carbons (Fsp3) is 0.650. The minimum absolute atomic E-state index is 0.118. The first-order valence-electron chi connectivity index (χ1n) is 9.46. The molecule has 0 amide bonds. The highest BCUT2D eigenvalue weighted by atomic mass is 16.6. The molecule has 6 heteroatoms. The molecule has 0 saturated heterocycles. The highest BCUT2D eigenvalue weighted by molar-refractivity contribution is 5.92. The first-order chi connectivity index (χ1) is 12.5. The largest absolute Gasteiger partial charge is 0.490 e. The van der Waals surface area contributed by atoms with Crippen molar-refractivity contribution in [2.75, 3.05) is 14.2 Å². The maximum atomic E-state index is 11.7. The number of methoxy groups -OCH3 is 1. The van der Waals surface area contributed by atoms with Crippen LogP contribution >= 0.6 is 0 Å². The van der Waals surface area contributed by atoms with Gasteiger partial charge in [-0.15, -0.1) is 0 Å². The molecular weight excluding hydrogens is 332 g/mol. The van der Waals surface area contributed by atoms with Crippen LogP contribution in [0.4, 0.5) is 5.69 Å². The standard InChI is InChI=1S/C20H26N2O4/c1-20-11-10-13-12-6-8-17(25-2)19(22(23)24)15(12)5-4-14(13)16(20)7-9-18(20)21-26-3/h6,8,13-14,16H,4-5,7,9-11H2,1-3H3/b21-18+/t13-,14-,16+,20+/m1/s1. The average molecular weight is 358 g/mol. The van der Waals surface area contributed by atoms with Crippen molar-refractivity contribution in [3.8, 4) is 5.75 Å². The molecule has 2 saturated carbocycles. The molecule has 0 spiro atoms. The molecule has 26 heavy (non-hydrogen) atoms. The summed E-state index contributed by atoms with van der Waals surface area (Å²) in [5, 5.41) is 16.0. The molecule has 1 aromatic carbocycles. The van der Waals surface area contributed by atoms with E-state index in [0.717, 1.165) is 44.1 Å². The van der Waals surface area contributed by atoms with E-state index in [-0.39, 0.29) is 16.0 Å². The molecule has 140 valence electrons. The van der Waals surface area contributed by atoms with Gasteiger partial charge in [0.25, 0.3) is 0 Å². The number of fused-ring (bicyclic) bond motifs is 5. The molecule has 0 N–H and O–H groups in total. The van der Waals surface area contributed by atoms with E-state index in [0.29, 0.717) is 23.5 Å². The van der Waals surface area contributed by atoms with Crippen LogP contribution in [0.25, 0.3) is 0 Å². The summed E-state index contributed by atoms with van der Waals surface area (Å²) in [4.78, 5) is 16.5. The van der Waals surface area contributed by atoms with Crippen molar-refractivity contribution < 1.29 is 14.5 Å². The van der Waals surface area contributed by atoms with Crippen molar-refractivity contribution in [2.45, 2.75) is 51.4 Å². The lowest BCUT2D eigenvalue weighted by molar-refractivity contribution is -0.386. The van der Waals surface area contributed by atoms with E-state index in [1.54, 1.807) is 13.2 Å². The lowest BCUT2D eigenvalue weighted by atomic mass is 9.55. The number of hydrogen-bond donors (Lipinski definition) is 0. The van der Waals surface area contributed by atoms with Crippen LogP contribution in [-0.4, -0.2) is 24.9 Å². The second kappa shape index (κ2) is 6.25. The van der Waals surface area contributed by atoms with Crippen molar-refractivity contribution >= 4 is 11.4 Å². The average Bonchev–Trinajstić information content (AvgIpc) is 2.97. The molecule has 4 rings (SSSR count). The van der Waals surface area contributed by atoms with Crippen LogP contribution in [0.2, 0.25) is 0 Å². The first-order valence-corrected chi connectivity index (χ1v) is 9.46. The Morgan fingerprint density at radius 2 is 2.04 bits per heavy atom. The van der Waals surface area contributed by atoms with Crippen LogP contribution in [0.15, 0.2) is 17.3 Å². The first kappa shape index (κ1) is 17.3. The molecule has 3 aliphatic rings. The molecule has 0 aliphatic heterocycles. The fourth-order valence-electron chi connectivity index (χ4n) is 6.04. The number of oxime groups is 1. The van der Waals surface area contributed by atoms with Crippen molar-refractivity contribution in [2.24, 2.45) is 22.4 Å². The summed E-state index contributed by atoms with van der Waals surface area (Å²) in [6, 6.07) is 3.85. The van der Waals surface area contributed by atoms with Crippen molar-refractivity contribution in [1.82, 2.24) is 0 Å². The van der Waals surface area contributed by atoms with Gasteiger partial charge in [0, 0.05) is 11.0 Å². The summed E-state index contributed by atoms with van der Waals surface area (Å²) in [6.45, 7) is 2.34. The number of nitro benzene ring substituents is 1. The summed E-state index contributed by atoms with van der Waals surface area (Å²) < 4.78 is 5.26. The molecule has 2 fully saturated rings. The van der Waals surface area contributed by atoms with Gasteiger partial charge in [0.15, 0.2) is 5.75 Å². The van der Waals surface area contributed by atoms with Crippen LogP contribution in [-0.2, 0) is 11.3 Å². The number of benzene rings is 1. The number of ether oxygens (including phenoxy) is 1. The van der Waals surface area contributed by atoms with Gasteiger partial charge in [-0.3, -0.25) is 10.1 Å². The number of rotatable bonds is 3. The Bertz CT molecular complexity index is 775. The predicted octanol–water partition coefficient (Wildman–Crippen LogP) is 4.46. The smallest absolute Gasteiger partial charge is 0.314 e. The van der Waals surface area contributed by atoms with Gasteiger partial charge >= 0.3 is 5.69 Å². The van der Waals surface area contributed by atoms with Crippen LogP contribution < -0.4 is 4.74 Å². The lowest BCUT2D eigenvalue weighted by Gasteiger charge is -2.48. The Kier molecular flexibility index (Phi) is 4.16. The van der Waals surface area contributed by atoms with Gasteiger partial charge in [0.05, 0.1) is 17.7 Å². The van der Waals surface area contributed by atoms with E-state index in [9.17, 15) is 10.1 Å². The molecule has 1 aromatic rings. The highest BCUT2D eigenvalue weighted by Gasteiger charge is 2.54. The van der Waals surface area contributed by atoms with Gasteiger partial charge in [-0.1, -0.05) is 18.1 Å². The van der Waals surface area contributed by atoms with E-state index < -0.39 is 0 Å². The van der Waals surface area contributed by atoms with Crippen LogP contribution in [0.3, 0.4) is 0 Å². The predicted molar refractivity (Wildman–Crippen MR) is 98.7 cm³/mol. The zero-order chi connectivity index (χ0) is 18.5. The topological polar surface area (TPSA) is 74.0 Å². The Morgan fingerprint density at radius 3 is 2.73 bits per heavy atom. The molecule has 4 atom stereocenters. The minimum Gasteiger partial charge on any atom is -0.490 e. The van der Waals surface area contributed by atoms with Crippen LogP contribution in [0.1, 0.15) is 56.1 Å². The third kappa shape index (κ3) is 2.34. The molecule has 0 heterocycles. The Hall–Kier alpha value is -2.11. The van der Waals surface area contributed by atoms with E-state index >= 15 is 0 Å². The van der Waals surface area contributed by atoms with Gasteiger partial charge in [-0.2, -0.15) is 0 Å². The van der Waals surface area contributed by atoms with E-state index in [1.807, 2.05) is 0 Å². The number of hydrogen-bond acceptors (Lipinski definition) is 5. The molecule has 0 radical (unpaired) electrons. The van der Waals surface area contributed by atoms with Crippen molar-refractivity contribution in [3.05, 3.63) is 33.4 Å². The molecule has 3 aliphatic carbocycles. The maximum absolute atomic E-state index is 11.7. The summed E-state index contributed by atoms with van der Waals surface area (Å²) >= 11 is 0. The fourth-order valence-corrected chi connectivity index (χ4v) is 6.04. The molecular formula is C20H26N2O4. The van der Waals surface area contributed by atoms with Gasteiger partial charge in [-0.25, -0.2) is 0 Å². The van der Waals surface area contributed by atoms with Gasteiger partial charge in [-0.05, 0) is 67.9 Å². The Labute approximate surface area is 153 Å². The van der Waals surface area contributed by atoms with Gasteiger partial charge in [0.1, 0.15) is 7.11 Å². The number of nitro groups is 1. The second-order valence-corrected chi connectivity index (χ2v) is 8.07. The third-order valence-electron chi connectivity index (χ3n) is 7.19. The number of nitrogens with zero attached hydrogens (tertiary/aromatic N) is 2. The van der Waals surface area contributed by atoms with Crippen molar-refractivity contribution in [3.63, 3.8) is 0 Å². The van der Waals surface area contributed by atoms with E-state index in [2.05, 4.69) is 18.1 Å². The van der Waals surface area contributed by atoms with Gasteiger partial charge in [0.2, 0.25) is 0 Å². The quantitative estimate of drug-likeness (QED) is 0.590. The zero-order valence-corrected chi connectivity index (χ0v) is 15.7. The lowest BCUT2D eigenvalue weighted by Crippen LogP contribution is -2.42. The SMILES string of the molecule is CO/N=C1\CC[C@H]2[C@@H]3CCc4c(ccc(OC)c4[N+](=O)[O-])[C@H]3CC[C@]12C. The van der Waals surface area contributed by atoms with Crippen LogP contribution in [0, 0.1) is 27.4 Å². The Balaban J connectivity index is 1.73. The molecule has 0 bridgehead atoms. The molecule has 0 unspecified atom stereocenters. The zero-order valence-electron chi connectivity index (χ0n) is 15.7. The molecule has 0 aromatic heterocycles. The normalized spacial score (nSPS) is 34.0. The second-order valence-electron chi connectivity index (χ2n) is 8.07. The Morgan fingerprint density at radius 1 is 1.23 bits per heavy atom.